The number of aliphatic carboxylic acids is 1. The molecule has 1 aliphatic rings. The Bertz CT molecular complexity index is 217. The Hall–Kier alpha value is -1.13. The molecular weight excluding hydrogens is 165 g/mol. The fourth-order valence-corrected chi connectivity index (χ4v) is 1.35. The fraction of sp³-hybridized carbons (Fsp3) is 0.714. The van der Waals surface area contributed by atoms with Gasteiger partial charge in [0.05, 0.1) is 18.4 Å². The first-order chi connectivity index (χ1) is 5.52. The van der Waals surface area contributed by atoms with Gasteiger partial charge in [0.15, 0.2) is 0 Å². The van der Waals surface area contributed by atoms with Gasteiger partial charge < -0.3 is 10.4 Å². The lowest BCUT2D eigenvalue weighted by Gasteiger charge is -2.36. The molecule has 3 atom stereocenters. The number of hydrogen-bond donors (Lipinski definition) is 2. The number of carboxylic acid groups (broad SMARTS) is 1. The van der Waals surface area contributed by atoms with Crippen molar-refractivity contribution in [1.82, 2.24) is 5.32 Å². The summed E-state index contributed by atoms with van der Waals surface area (Å²) in [5.41, 5.74) is 0. The number of hydrogen-bond acceptors (Lipinski definition) is 2. The van der Waals surface area contributed by atoms with E-state index in [2.05, 4.69) is 5.32 Å². The second kappa shape index (κ2) is 3.08. The first-order valence-corrected chi connectivity index (χ1v) is 3.68. The SMILES string of the molecule is CC(F)C1C(=O)NC1CC(=O)O. The highest BCUT2D eigenvalue weighted by Crippen LogP contribution is 2.23. The van der Waals surface area contributed by atoms with Crippen LogP contribution in [0, 0.1) is 5.92 Å². The minimum Gasteiger partial charge on any atom is -0.481 e. The summed E-state index contributed by atoms with van der Waals surface area (Å²) in [7, 11) is 0. The molecule has 1 saturated heterocycles. The van der Waals surface area contributed by atoms with Gasteiger partial charge in [0, 0.05) is 0 Å². The van der Waals surface area contributed by atoms with E-state index in [1.165, 1.54) is 6.92 Å². The maximum absolute atomic E-state index is 12.6. The van der Waals surface area contributed by atoms with Crippen molar-refractivity contribution in [3.63, 3.8) is 0 Å². The number of carboxylic acids is 1. The van der Waals surface area contributed by atoms with Crippen LogP contribution >= 0.6 is 0 Å². The second-order valence-corrected chi connectivity index (χ2v) is 2.92. The lowest BCUT2D eigenvalue weighted by molar-refractivity contribution is -0.144. The Balaban J connectivity index is 2.48. The normalized spacial score (nSPS) is 30.3. The number of amides is 1. The molecule has 2 N–H and O–H groups in total. The summed E-state index contributed by atoms with van der Waals surface area (Å²) in [5.74, 6) is -2.19. The van der Waals surface area contributed by atoms with Gasteiger partial charge in [-0.05, 0) is 6.92 Å². The molecule has 0 aliphatic carbocycles. The van der Waals surface area contributed by atoms with Crippen LogP contribution in [0.25, 0.3) is 0 Å². The highest BCUT2D eigenvalue weighted by atomic mass is 19.1. The summed E-state index contributed by atoms with van der Waals surface area (Å²) in [6.45, 7) is 1.26. The van der Waals surface area contributed by atoms with Crippen molar-refractivity contribution < 1.29 is 19.1 Å². The zero-order valence-electron chi connectivity index (χ0n) is 6.58. The highest BCUT2D eigenvalue weighted by molar-refractivity contribution is 5.88. The molecule has 1 fully saturated rings. The van der Waals surface area contributed by atoms with E-state index in [4.69, 9.17) is 5.11 Å². The summed E-state index contributed by atoms with van der Waals surface area (Å²) in [4.78, 5) is 20.9. The third kappa shape index (κ3) is 1.54. The maximum atomic E-state index is 12.6. The van der Waals surface area contributed by atoms with Crippen LogP contribution in [0.2, 0.25) is 0 Å². The average molecular weight is 175 g/mol. The number of nitrogens with one attached hydrogen (secondary N) is 1. The van der Waals surface area contributed by atoms with E-state index in [0.717, 1.165) is 0 Å². The number of alkyl halides is 1. The Labute approximate surface area is 68.8 Å². The molecule has 0 aromatic heterocycles. The molecule has 5 heteroatoms. The minimum absolute atomic E-state index is 0.204. The van der Waals surface area contributed by atoms with E-state index < -0.39 is 30.0 Å². The number of carbonyl (C=O) groups is 2. The molecule has 0 saturated carbocycles. The lowest BCUT2D eigenvalue weighted by atomic mass is 9.85. The molecule has 3 unspecified atom stereocenters. The van der Waals surface area contributed by atoms with Crippen LogP contribution in [0.5, 0.6) is 0 Å². The van der Waals surface area contributed by atoms with Crippen molar-refractivity contribution in [2.24, 2.45) is 5.92 Å². The third-order valence-corrected chi connectivity index (χ3v) is 1.95. The number of rotatable bonds is 3. The number of halogens is 1. The van der Waals surface area contributed by atoms with Gasteiger partial charge in [-0.1, -0.05) is 0 Å². The Morgan fingerprint density at radius 3 is 2.75 bits per heavy atom. The van der Waals surface area contributed by atoms with Crippen LogP contribution in [0.3, 0.4) is 0 Å². The highest BCUT2D eigenvalue weighted by Gasteiger charge is 2.43. The first-order valence-electron chi connectivity index (χ1n) is 3.68. The maximum Gasteiger partial charge on any atom is 0.305 e. The van der Waals surface area contributed by atoms with Crippen molar-refractivity contribution in [2.45, 2.75) is 25.6 Å². The molecule has 0 aromatic rings. The monoisotopic (exact) mass is 175 g/mol. The van der Waals surface area contributed by atoms with Gasteiger partial charge in [-0.3, -0.25) is 9.59 Å². The largest absolute Gasteiger partial charge is 0.481 e. The van der Waals surface area contributed by atoms with E-state index in [1.54, 1.807) is 0 Å². The predicted molar refractivity (Wildman–Crippen MR) is 38.2 cm³/mol. The van der Waals surface area contributed by atoms with E-state index in [1.807, 2.05) is 0 Å². The average Bonchev–Trinajstić information content (AvgIpc) is 1.82. The predicted octanol–water partition coefficient (Wildman–Crippen LogP) is -0.0663. The van der Waals surface area contributed by atoms with Gasteiger partial charge in [-0.25, -0.2) is 4.39 Å². The van der Waals surface area contributed by atoms with Crippen LogP contribution in [0.4, 0.5) is 4.39 Å². The molecule has 0 spiro atoms. The van der Waals surface area contributed by atoms with Gasteiger partial charge in [0.1, 0.15) is 6.17 Å². The molecule has 0 bridgehead atoms. The molecule has 0 radical (unpaired) electrons. The summed E-state index contributed by atoms with van der Waals surface area (Å²) < 4.78 is 12.6. The van der Waals surface area contributed by atoms with Crippen molar-refractivity contribution >= 4 is 11.9 Å². The van der Waals surface area contributed by atoms with Gasteiger partial charge >= 0.3 is 5.97 Å². The van der Waals surface area contributed by atoms with Crippen molar-refractivity contribution in [1.29, 1.82) is 0 Å². The van der Waals surface area contributed by atoms with Crippen LogP contribution in [-0.2, 0) is 9.59 Å². The molecule has 1 amide bonds. The van der Waals surface area contributed by atoms with Crippen LogP contribution < -0.4 is 5.32 Å². The van der Waals surface area contributed by atoms with Crippen LogP contribution in [0.1, 0.15) is 13.3 Å². The number of carbonyl (C=O) groups excluding carboxylic acids is 1. The van der Waals surface area contributed by atoms with Gasteiger partial charge in [-0.15, -0.1) is 0 Å². The van der Waals surface area contributed by atoms with Gasteiger partial charge in [0.2, 0.25) is 5.91 Å². The molecule has 1 rings (SSSR count). The quantitative estimate of drug-likeness (QED) is 0.590. The van der Waals surface area contributed by atoms with Crippen LogP contribution in [-0.4, -0.2) is 29.2 Å². The van der Waals surface area contributed by atoms with E-state index >= 15 is 0 Å². The zero-order valence-corrected chi connectivity index (χ0v) is 6.58. The van der Waals surface area contributed by atoms with E-state index in [-0.39, 0.29) is 6.42 Å². The first kappa shape index (κ1) is 8.96. The Morgan fingerprint density at radius 2 is 2.42 bits per heavy atom. The molecule has 4 nitrogen and oxygen atoms in total. The standard InChI is InChI=1S/C7H10FNO3/c1-3(8)6-4(2-5(10)11)9-7(6)12/h3-4,6H,2H2,1H3,(H,9,12)(H,10,11). The molecule has 12 heavy (non-hydrogen) atoms. The minimum atomic E-state index is -1.27. The van der Waals surface area contributed by atoms with Gasteiger partial charge in [-0.2, -0.15) is 0 Å². The Morgan fingerprint density at radius 1 is 1.83 bits per heavy atom. The zero-order chi connectivity index (χ0) is 9.30. The van der Waals surface area contributed by atoms with Crippen molar-refractivity contribution in [3.05, 3.63) is 0 Å². The van der Waals surface area contributed by atoms with E-state index in [9.17, 15) is 14.0 Å². The summed E-state index contributed by atoms with van der Waals surface area (Å²) >= 11 is 0. The van der Waals surface area contributed by atoms with E-state index in [0.29, 0.717) is 0 Å². The molecule has 1 aliphatic heterocycles. The third-order valence-electron chi connectivity index (χ3n) is 1.95. The topological polar surface area (TPSA) is 66.4 Å². The summed E-state index contributed by atoms with van der Waals surface area (Å²) in [5, 5.41) is 10.7. The van der Waals surface area contributed by atoms with Crippen molar-refractivity contribution in [2.75, 3.05) is 0 Å². The smallest absolute Gasteiger partial charge is 0.305 e. The second-order valence-electron chi connectivity index (χ2n) is 2.92. The molecular formula is C7H10FNO3. The van der Waals surface area contributed by atoms with Crippen LogP contribution in [0.15, 0.2) is 0 Å². The molecule has 1 heterocycles. The summed E-state index contributed by atoms with van der Waals surface area (Å²) in [6.07, 6.45) is -1.48. The number of β-lactam (4-membered cyclic amide) rings is 1. The summed E-state index contributed by atoms with van der Waals surface area (Å²) in [6, 6.07) is -0.532. The Kier molecular flexibility index (Phi) is 2.30. The van der Waals surface area contributed by atoms with Crippen molar-refractivity contribution in [3.8, 4) is 0 Å². The molecule has 68 valence electrons. The van der Waals surface area contributed by atoms with Gasteiger partial charge in [0.25, 0.3) is 0 Å². The molecule has 0 aromatic carbocycles. The fourth-order valence-electron chi connectivity index (χ4n) is 1.35. The lowest BCUT2D eigenvalue weighted by Crippen LogP contribution is -2.61.